The summed E-state index contributed by atoms with van der Waals surface area (Å²) in [5.74, 6) is -1.89. The first-order valence-corrected chi connectivity index (χ1v) is 4.83. The number of methoxy groups -OCH3 is 1. The number of ether oxygens (including phenoxy) is 1. The Labute approximate surface area is 98.0 Å². The second kappa shape index (κ2) is 5.29. The minimum atomic E-state index is -0.716. The Bertz CT molecular complexity index is 448. The summed E-state index contributed by atoms with van der Waals surface area (Å²) in [7, 11) is 2.60. The molecule has 0 radical (unpaired) electrons. The molecule has 0 aliphatic carbocycles. The molecule has 0 aromatic heterocycles. The molecule has 0 unspecified atom stereocenters. The lowest BCUT2D eigenvalue weighted by molar-refractivity contribution is -0.141. The minimum absolute atomic E-state index is 0.134. The number of hydrogen-bond donors (Lipinski definition) is 1. The third-order valence-corrected chi connectivity index (χ3v) is 2.16. The van der Waals surface area contributed by atoms with Crippen LogP contribution in [0.15, 0.2) is 18.2 Å². The number of likely N-dealkylation sites (N-methyl/N-ethyl adjacent to an activating group) is 1. The third-order valence-electron chi connectivity index (χ3n) is 2.16. The second-order valence-electron chi connectivity index (χ2n) is 3.48. The molecular formula is C11H13FN2O3. The standard InChI is InChI=1S/C11H13FN2O3/c1-14(6-10(15)17-2)11(16)8-4-3-7(13)5-9(8)12/h3-5H,6,13H2,1-2H3. The van der Waals surface area contributed by atoms with Crippen LogP contribution in [0.3, 0.4) is 0 Å². The summed E-state index contributed by atoms with van der Waals surface area (Å²) in [6.45, 7) is -0.237. The van der Waals surface area contributed by atoms with Crippen molar-refractivity contribution in [2.75, 3.05) is 26.4 Å². The maximum Gasteiger partial charge on any atom is 0.325 e. The Kier molecular flexibility index (Phi) is 4.03. The van der Waals surface area contributed by atoms with E-state index in [-0.39, 0.29) is 17.8 Å². The number of halogens is 1. The van der Waals surface area contributed by atoms with Crippen molar-refractivity contribution in [2.24, 2.45) is 0 Å². The van der Waals surface area contributed by atoms with Gasteiger partial charge in [0, 0.05) is 12.7 Å². The van der Waals surface area contributed by atoms with Crippen molar-refractivity contribution in [1.29, 1.82) is 0 Å². The van der Waals surface area contributed by atoms with E-state index in [0.29, 0.717) is 0 Å². The predicted octanol–water partition coefficient (Wildman–Crippen LogP) is 0.653. The fraction of sp³-hybridized carbons (Fsp3) is 0.273. The topological polar surface area (TPSA) is 72.6 Å². The van der Waals surface area contributed by atoms with Crippen LogP contribution in [0.25, 0.3) is 0 Å². The average Bonchev–Trinajstić information content (AvgIpc) is 2.28. The van der Waals surface area contributed by atoms with Gasteiger partial charge in [-0.3, -0.25) is 9.59 Å². The van der Waals surface area contributed by atoms with E-state index in [0.717, 1.165) is 11.0 Å². The van der Waals surface area contributed by atoms with Gasteiger partial charge in [0.15, 0.2) is 0 Å². The van der Waals surface area contributed by atoms with E-state index in [1.54, 1.807) is 0 Å². The smallest absolute Gasteiger partial charge is 0.325 e. The normalized spacial score (nSPS) is 9.82. The van der Waals surface area contributed by atoms with Gasteiger partial charge < -0.3 is 15.4 Å². The zero-order chi connectivity index (χ0) is 13.0. The van der Waals surface area contributed by atoms with Crippen LogP contribution < -0.4 is 5.73 Å². The maximum atomic E-state index is 13.4. The molecule has 0 saturated heterocycles. The van der Waals surface area contributed by atoms with Crippen LogP contribution >= 0.6 is 0 Å². The van der Waals surface area contributed by atoms with Crippen LogP contribution in [0.1, 0.15) is 10.4 Å². The van der Waals surface area contributed by atoms with E-state index in [9.17, 15) is 14.0 Å². The molecule has 0 atom stereocenters. The van der Waals surface area contributed by atoms with Gasteiger partial charge in [0.25, 0.3) is 5.91 Å². The number of hydrogen-bond acceptors (Lipinski definition) is 4. The number of nitrogens with two attached hydrogens (primary N) is 1. The highest BCUT2D eigenvalue weighted by Crippen LogP contribution is 2.13. The highest BCUT2D eigenvalue weighted by molar-refractivity contribution is 5.96. The molecule has 92 valence electrons. The number of nitrogen functional groups attached to an aromatic ring is 1. The number of nitrogens with zero attached hydrogens (tertiary/aromatic N) is 1. The molecule has 0 heterocycles. The van der Waals surface area contributed by atoms with Crippen LogP contribution in [-0.4, -0.2) is 37.5 Å². The molecule has 0 fully saturated rings. The van der Waals surface area contributed by atoms with Crippen LogP contribution in [-0.2, 0) is 9.53 Å². The Balaban J connectivity index is 2.85. The Hall–Kier alpha value is -2.11. The van der Waals surface area contributed by atoms with Crippen molar-refractivity contribution in [3.8, 4) is 0 Å². The van der Waals surface area contributed by atoms with Crippen molar-refractivity contribution in [2.45, 2.75) is 0 Å². The molecule has 5 nitrogen and oxygen atoms in total. The Morgan fingerprint density at radius 1 is 1.47 bits per heavy atom. The van der Waals surface area contributed by atoms with Gasteiger partial charge in [-0.1, -0.05) is 0 Å². The van der Waals surface area contributed by atoms with Gasteiger partial charge in [-0.25, -0.2) is 4.39 Å². The number of amides is 1. The molecule has 0 saturated carbocycles. The maximum absolute atomic E-state index is 13.4. The largest absolute Gasteiger partial charge is 0.468 e. The summed E-state index contributed by atoms with van der Waals surface area (Å²) < 4.78 is 17.8. The Morgan fingerprint density at radius 2 is 2.12 bits per heavy atom. The van der Waals surface area contributed by atoms with Gasteiger partial charge in [-0.05, 0) is 18.2 Å². The number of benzene rings is 1. The predicted molar refractivity (Wildman–Crippen MR) is 59.8 cm³/mol. The highest BCUT2D eigenvalue weighted by atomic mass is 19.1. The molecule has 1 rings (SSSR count). The number of carbonyl (C=O) groups is 2. The second-order valence-corrected chi connectivity index (χ2v) is 3.48. The SMILES string of the molecule is COC(=O)CN(C)C(=O)c1ccc(N)cc1F. The summed E-state index contributed by atoms with van der Waals surface area (Å²) in [6.07, 6.45) is 0. The monoisotopic (exact) mass is 240 g/mol. The molecule has 0 spiro atoms. The van der Waals surface area contributed by atoms with E-state index in [4.69, 9.17) is 5.73 Å². The fourth-order valence-electron chi connectivity index (χ4n) is 1.24. The van der Waals surface area contributed by atoms with E-state index < -0.39 is 17.7 Å². The zero-order valence-electron chi connectivity index (χ0n) is 9.57. The van der Waals surface area contributed by atoms with Gasteiger partial charge in [0.05, 0.1) is 12.7 Å². The zero-order valence-corrected chi connectivity index (χ0v) is 9.57. The molecule has 1 aromatic rings. The molecule has 1 amide bonds. The molecule has 0 aliphatic rings. The first kappa shape index (κ1) is 13.0. The van der Waals surface area contributed by atoms with Crippen molar-refractivity contribution in [3.05, 3.63) is 29.6 Å². The van der Waals surface area contributed by atoms with Crippen molar-refractivity contribution >= 4 is 17.6 Å². The molecule has 0 aliphatic heterocycles. The molecule has 1 aromatic carbocycles. The quantitative estimate of drug-likeness (QED) is 0.622. The summed E-state index contributed by atoms with van der Waals surface area (Å²) >= 11 is 0. The van der Waals surface area contributed by atoms with E-state index in [1.807, 2.05) is 0 Å². The summed E-state index contributed by atoms with van der Waals surface area (Å²) in [6, 6.07) is 3.75. The van der Waals surface area contributed by atoms with Gasteiger partial charge >= 0.3 is 5.97 Å². The third kappa shape index (κ3) is 3.17. The van der Waals surface area contributed by atoms with E-state index in [1.165, 1.54) is 26.3 Å². The Morgan fingerprint density at radius 3 is 2.65 bits per heavy atom. The van der Waals surface area contributed by atoms with Crippen LogP contribution in [0, 0.1) is 5.82 Å². The van der Waals surface area contributed by atoms with Gasteiger partial charge in [-0.15, -0.1) is 0 Å². The molecule has 6 heteroatoms. The number of carbonyl (C=O) groups excluding carboxylic acids is 2. The minimum Gasteiger partial charge on any atom is -0.468 e. The first-order valence-electron chi connectivity index (χ1n) is 4.83. The fourth-order valence-corrected chi connectivity index (χ4v) is 1.24. The molecule has 17 heavy (non-hydrogen) atoms. The van der Waals surface area contributed by atoms with Crippen molar-refractivity contribution in [3.63, 3.8) is 0 Å². The van der Waals surface area contributed by atoms with Crippen LogP contribution in [0.2, 0.25) is 0 Å². The molecular weight excluding hydrogens is 227 g/mol. The number of rotatable bonds is 3. The van der Waals surface area contributed by atoms with Gasteiger partial charge in [0.1, 0.15) is 12.4 Å². The number of anilines is 1. The van der Waals surface area contributed by atoms with Crippen molar-refractivity contribution in [1.82, 2.24) is 4.90 Å². The lowest BCUT2D eigenvalue weighted by Gasteiger charge is -2.16. The highest BCUT2D eigenvalue weighted by Gasteiger charge is 2.18. The summed E-state index contributed by atoms with van der Waals surface area (Å²) in [4.78, 5) is 23.8. The van der Waals surface area contributed by atoms with Gasteiger partial charge in [-0.2, -0.15) is 0 Å². The number of esters is 1. The van der Waals surface area contributed by atoms with Crippen LogP contribution in [0.5, 0.6) is 0 Å². The molecule has 2 N–H and O–H groups in total. The molecule has 0 bridgehead atoms. The van der Waals surface area contributed by atoms with E-state index in [2.05, 4.69) is 4.74 Å². The lowest BCUT2D eigenvalue weighted by atomic mass is 10.1. The summed E-state index contributed by atoms with van der Waals surface area (Å²) in [5, 5.41) is 0. The average molecular weight is 240 g/mol. The lowest BCUT2D eigenvalue weighted by Crippen LogP contribution is -2.33. The summed E-state index contributed by atoms with van der Waals surface area (Å²) in [5.41, 5.74) is 5.46. The van der Waals surface area contributed by atoms with Gasteiger partial charge in [0.2, 0.25) is 0 Å². The van der Waals surface area contributed by atoms with E-state index >= 15 is 0 Å². The van der Waals surface area contributed by atoms with Crippen LogP contribution in [0.4, 0.5) is 10.1 Å². The first-order chi connectivity index (χ1) is 7.95. The van der Waals surface area contributed by atoms with Crippen molar-refractivity contribution < 1.29 is 18.7 Å².